The Morgan fingerprint density at radius 3 is 2.92 bits per heavy atom. The minimum atomic E-state index is -0.0965. The van der Waals surface area contributed by atoms with Gasteiger partial charge in [0.1, 0.15) is 5.82 Å². The molecule has 2 aromatic rings. The largest absolute Gasteiger partial charge is 0.396 e. The Labute approximate surface area is 141 Å². The fourth-order valence-electron chi connectivity index (χ4n) is 2.89. The van der Waals surface area contributed by atoms with Crippen LogP contribution in [-0.2, 0) is 24.2 Å². The van der Waals surface area contributed by atoms with E-state index in [0.29, 0.717) is 18.7 Å². The molecular formula is C18H24N4O2. The molecule has 2 heterocycles. The van der Waals surface area contributed by atoms with Crippen LogP contribution in [0.5, 0.6) is 0 Å². The molecule has 6 heteroatoms. The monoisotopic (exact) mass is 328 g/mol. The van der Waals surface area contributed by atoms with E-state index in [1.807, 2.05) is 24.6 Å². The molecule has 1 saturated carbocycles. The highest BCUT2D eigenvalue weighted by Gasteiger charge is 2.24. The molecular weight excluding hydrogens is 304 g/mol. The third kappa shape index (κ3) is 4.00. The summed E-state index contributed by atoms with van der Waals surface area (Å²) in [6.07, 6.45) is 5.06. The molecule has 6 nitrogen and oxygen atoms in total. The first kappa shape index (κ1) is 16.6. The van der Waals surface area contributed by atoms with E-state index in [2.05, 4.69) is 15.4 Å². The maximum Gasteiger partial charge on any atom is 0.230 e. The molecule has 0 aliphatic heterocycles. The summed E-state index contributed by atoms with van der Waals surface area (Å²) in [5, 5.41) is 16.4. The number of carbonyl (C=O) groups is 1. The third-order valence-electron chi connectivity index (χ3n) is 4.49. The van der Waals surface area contributed by atoms with Gasteiger partial charge in [-0.3, -0.25) is 9.48 Å². The topological polar surface area (TPSA) is 80.0 Å². The molecule has 0 bridgehead atoms. The van der Waals surface area contributed by atoms with Crippen LogP contribution in [0.25, 0.3) is 0 Å². The van der Waals surface area contributed by atoms with E-state index in [1.165, 1.54) is 12.8 Å². The lowest BCUT2D eigenvalue weighted by atomic mass is 10.1. The number of aliphatic hydroxyl groups is 1. The number of anilines is 1. The van der Waals surface area contributed by atoms with Gasteiger partial charge in [0.2, 0.25) is 5.91 Å². The van der Waals surface area contributed by atoms with Crippen molar-refractivity contribution in [3.8, 4) is 0 Å². The number of carbonyl (C=O) groups excluding carboxylic acids is 1. The second-order valence-electron chi connectivity index (χ2n) is 6.52. The van der Waals surface area contributed by atoms with Crippen molar-refractivity contribution in [2.24, 2.45) is 5.92 Å². The highest BCUT2D eigenvalue weighted by molar-refractivity contribution is 5.91. The van der Waals surface area contributed by atoms with Gasteiger partial charge in [0.15, 0.2) is 0 Å². The van der Waals surface area contributed by atoms with Gasteiger partial charge >= 0.3 is 0 Å². The van der Waals surface area contributed by atoms with Gasteiger partial charge in [-0.2, -0.15) is 5.10 Å². The van der Waals surface area contributed by atoms with Crippen molar-refractivity contribution in [2.75, 3.05) is 11.9 Å². The molecule has 3 rings (SSSR count). The summed E-state index contributed by atoms with van der Waals surface area (Å²) in [6, 6.07) is 3.63. The average molecular weight is 328 g/mol. The molecule has 1 fully saturated rings. The normalized spacial score (nSPS) is 14.0. The maximum atomic E-state index is 12.4. The SMILES string of the molecule is Cc1nn(CC2CC2)c(C)c1CC(=O)Nc1cc(CCO)ccn1. The van der Waals surface area contributed by atoms with Gasteiger partial charge in [0.05, 0.1) is 12.1 Å². The number of nitrogens with one attached hydrogen (secondary N) is 1. The minimum absolute atomic E-state index is 0.0793. The third-order valence-corrected chi connectivity index (χ3v) is 4.49. The summed E-state index contributed by atoms with van der Waals surface area (Å²) in [5.74, 6) is 1.18. The van der Waals surface area contributed by atoms with E-state index in [1.54, 1.807) is 12.3 Å². The fraction of sp³-hybridized carbons (Fsp3) is 0.500. The molecule has 128 valence electrons. The van der Waals surface area contributed by atoms with Gasteiger partial charge in [-0.25, -0.2) is 4.98 Å². The zero-order valence-corrected chi connectivity index (χ0v) is 14.2. The summed E-state index contributed by atoms with van der Waals surface area (Å²) in [6.45, 7) is 5.03. The van der Waals surface area contributed by atoms with E-state index in [4.69, 9.17) is 5.11 Å². The predicted molar refractivity (Wildman–Crippen MR) is 91.8 cm³/mol. The zero-order valence-electron chi connectivity index (χ0n) is 14.2. The van der Waals surface area contributed by atoms with Crippen LogP contribution in [0, 0.1) is 19.8 Å². The molecule has 0 spiro atoms. The van der Waals surface area contributed by atoms with Crippen LogP contribution < -0.4 is 5.32 Å². The summed E-state index contributed by atoms with van der Waals surface area (Å²) < 4.78 is 2.04. The lowest BCUT2D eigenvalue weighted by Gasteiger charge is -2.07. The number of aliphatic hydroxyl groups excluding tert-OH is 1. The minimum Gasteiger partial charge on any atom is -0.396 e. The van der Waals surface area contributed by atoms with Crippen LogP contribution in [0.15, 0.2) is 18.3 Å². The molecule has 1 aliphatic carbocycles. The molecule has 0 unspecified atom stereocenters. The van der Waals surface area contributed by atoms with Crippen molar-refractivity contribution < 1.29 is 9.90 Å². The smallest absolute Gasteiger partial charge is 0.230 e. The molecule has 1 aliphatic rings. The molecule has 0 saturated heterocycles. The predicted octanol–water partition coefficient (Wildman–Crippen LogP) is 2.02. The van der Waals surface area contributed by atoms with Crippen LogP contribution in [0.4, 0.5) is 5.82 Å². The van der Waals surface area contributed by atoms with Crippen molar-refractivity contribution in [3.63, 3.8) is 0 Å². The summed E-state index contributed by atoms with van der Waals surface area (Å²) in [5.41, 5.74) is 3.95. The number of aryl methyl sites for hydroxylation is 1. The second kappa shape index (κ2) is 7.13. The van der Waals surface area contributed by atoms with Crippen LogP contribution in [0.3, 0.4) is 0 Å². The quantitative estimate of drug-likeness (QED) is 0.815. The van der Waals surface area contributed by atoms with Crippen molar-refractivity contribution >= 4 is 11.7 Å². The molecule has 24 heavy (non-hydrogen) atoms. The fourth-order valence-corrected chi connectivity index (χ4v) is 2.89. The Kier molecular flexibility index (Phi) is 4.94. The molecule has 1 amide bonds. The van der Waals surface area contributed by atoms with Crippen molar-refractivity contribution in [1.29, 1.82) is 0 Å². The lowest BCUT2D eigenvalue weighted by molar-refractivity contribution is -0.115. The van der Waals surface area contributed by atoms with Crippen LogP contribution in [0.1, 0.15) is 35.4 Å². The number of aromatic nitrogens is 3. The molecule has 2 N–H and O–H groups in total. The molecule has 0 atom stereocenters. The van der Waals surface area contributed by atoms with Gasteiger partial charge in [0.25, 0.3) is 0 Å². The van der Waals surface area contributed by atoms with Crippen molar-refractivity contribution in [1.82, 2.24) is 14.8 Å². The molecule has 2 aromatic heterocycles. The number of nitrogens with zero attached hydrogens (tertiary/aromatic N) is 3. The first-order chi connectivity index (χ1) is 11.6. The van der Waals surface area contributed by atoms with Gasteiger partial charge in [-0.15, -0.1) is 0 Å². The number of hydrogen-bond acceptors (Lipinski definition) is 4. The maximum absolute atomic E-state index is 12.4. The lowest BCUT2D eigenvalue weighted by Crippen LogP contribution is -2.16. The van der Waals surface area contributed by atoms with Crippen molar-refractivity contribution in [2.45, 2.75) is 46.1 Å². The number of rotatable bonds is 7. The number of amides is 1. The Hall–Kier alpha value is -2.21. The van der Waals surface area contributed by atoms with E-state index in [0.717, 1.165) is 35.0 Å². The van der Waals surface area contributed by atoms with Gasteiger partial charge in [0, 0.05) is 30.6 Å². The standard InChI is InChI=1S/C18H24N4O2/c1-12-16(13(2)22(21-12)11-15-3-4-15)10-18(24)20-17-9-14(6-8-23)5-7-19-17/h5,7,9,15,23H,3-4,6,8,10-11H2,1-2H3,(H,19,20,24). The number of pyridine rings is 1. The average Bonchev–Trinajstić information content (AvgIpc) is 3.31. The van der Waals surface area contributed by atoms with Crippen LogP contribution >= 0.6 is 0 Å². The Bertz CT molecular complexity index is 735. The van der Waals surface area contributed by atoms with E-state index >= 15 is 0 Å². The van der Waals surface area contributed by atoms with Gasteiger partial charge in [-0.05, 0) is 56.7 Å². The summed E-state index contributed by atoms with van der Waals surface area (Å²) in [4.78, 5) is 16.5. The zero-order chi connectivity index (χ0) is 17.1. The highest BCUT2D eigenvalue weighted by atomic mass is 16.3. The van der Waals surface area contributed by atoms with Crippen molar-refractivity contribution in [3.05, 3.63) is 40.8 Å². The number of hydrogen-bond donors (Lipinski definition) is 2. The first-order valence-electron chi connectivity index (χ1n) is 8.45. The van der Waals surface area contributed by atoms with Gasteiger partial charge < -0.3 is 10.4 Å². The molecule has 0 radical (unpaired) electrons. The summed E-state index contributed by atoms with van der Waals surface area (Å²) in [7, 11) is 0. The highest BCUT2D eigenvalue weighted by Crippen LogP contribution is 2.31. The van der Waals surface area contributed by atoms with E-state index in [9.17, 15) is 4.79 Å². The van der Waals surface area contributed by atoms with E-state index in [-0.39, 0.29) is 12.5 Å². The van der Waals surface area contributed by atoms with Crippen LogP contribution in [0.2, 0.25) is 0 Å². The Morgan fingerprint density at radius 2 is 2.21 bits per heavy atom. The van der Waals surface area contributed by atoms with E-state index < -0.39 is 0 Å². The van der Waals surface area contributed by atoms with Gasteiger partial charge in [-0.1, -0.05) is 0 Å². The van der Waals surface area contributed by atoms with Crippen LogP contribution in [-0.4, -0.2) is 32.4 Å². The Balaban J connectivity index is 1.66. The Morgan fingerprint density at radius 1 is 1.42 bits per heavy atom. The second-order valence-corrected chi connectivity index (χ2v) is 6.52. The first-order valence-corrected chi connectivity index (χ1v) is 8.45. The summed E-state index contributed by atoms with van der Waals surface area (Å²) >= 11 is 0. The molecule has 0 aromatic carbocycles.